The molecule has 1 aromatic rings. The minimum absolute atomic E-state index is 0.819. The fourth-order valence-corrected chi connectivity index (χ4v) is 3.26. The number of piperidine rings is 1. The Morgan fingerprint density at radius 3 is 1.66 bits per heavy atom. The van der Waals surface area contributed by atoms with Crippen molar-refractivity contribution in [3.63, 3.8) is 0 Å². The summed E-state index contributed by atoms with van der Waals surface area (Å²) in [6, 6.07) is 8.61. The lowest BCUT2D eigenvalue weighted by atomic mass is 10.1. The summed E-state index contributed by atoms with van der Waals surface area (Å²) in [4.78, 5) is 4.65. The molecule has 1 saturated heterocycles. The van der Waals surface area contributed by atoms with E-state index >= 15 is 0 Å². The fraction of sp³-hybridized carbons (Fsp3) is 0.576. The Morgan fingerprint density at radius 1 is 0.829 bits per heavy atom. The van der Waals surface area contributed by atoms with Crippen molar-refractivity contribution >= 4 is 0 Å². The van der Waals surface area contributed by atoms with Gasteiger partial charge in [0.15, 0.2) is 0 Å². The van der Waals surface area contributed by atoms with E-state index in [1.165, 1.54) is 60.3 Å². The average Bonchev–Trinajstić information content (AvgIpc) is 2.91. The highest BCUT2D eigenvalue weighted by Gasteiger charge is 2.12. The molecule has 0 bridgehead atoms. The lowest BCUT2D eigenvalue weighted by molar-refractivity contribution is 0.285. The summed E-state index contributed by atoms with van der Waals surface area (Å²) in [6.45, 7) is 38.4. The molecule has 2 heteroatoms. The predicted molar refractivity (Wildman–Crippen MR) is 164 cm³/mol. The summed E-state index contributed by atoms with van der Waals surface area (Å²) >= 11 is 0. The van der Waals surface area contributed by atoms with Crippen LogP contribution < -0.4 is 0 Å². The third-order valence-electron chi connectivity index (χ3n) is 5.70. The summed E-state index contributed by atoms with van der Waals surface area (Å²) in [6.07, 6.45) is 6.38. The second-order valence-electron chi connectivity index (χ2n) is 8.36. The molecule has 0 unspecified atom stereocenters. The van der Waals surface area contributed by atoms with Crippen LogP contribution in [-0.4, -0.2) is 22.9 Å². The molecule has 0 radical (unpaired) electrons. The van der Waals surface area contributed by atoms with E-state index in [1.54, 1.807) is 0 Å². The van der Waals surface area contributed by atoms with Crippen molar-refractivity contribution in [1.29, 1.82) is 0 Å². The lowest BCUT2D eigenvalue weighted by Crippen LogP contribution is -2.27. The van der Waals surface area contributed by atoms with E-state index in [1.807, 2.05) is 48.5 Å². The van der Waals surface area contributed by atoms with E-state index in [0.717, 1.165) is 17.9 Å². The minimum atomic E-state index is 0.819. The van der Waals surface area contributed by atoms with Crippen molar-refractivity contribution in [2.45, 2.75) is 116 Å². The molecule has 202 valence electrons. The Morgan fingerprint density at radius 2 is 1.29 bits per heavy atom. The fourth-order valence-electron chi connectivity index (χ4n) is 3.26. The van der Waals surface area contributed by atoms with Gasteiger partial charge in [-0.25, -0.2) is 0 Å². The highest BCUT2D eigenvalue weighted by molar-refractivity contribution is 5.32. The first-order valence-electron chi connectivity index (χ1n) is 13.9. The Labute approximate surface area is 221 Å². The molecule has 1 fully saturated rings. The van der Waals surface area contributed by atoms with Crippen LogP contribution in [0.1, 0.15) is 113 Å². The molecule has 0 aromatic heterocycles. The molecule has 1 aliphatic rings. The van der Waals surface area contributed by atoms with Crippen LogP contribution in [0.5, 0.6) is 0 Å². The predicted octanol–water partition coefficient (Wildman–Crippen LogP) is 10.7. The number of likely N-dealkylation sites (tertiary alicyclic amines) is 1. The second-order valence-corrected chi connectivity index (χ2v) is 8.36. The Hall–Kier alpha value is -2.22. The van der Waals surface area contributed by atoms with Gasteiger partial charge in [0.1, 0.15) is 0 Å². The van der Waals surface area contributed by atoms with Crippen molar-refractivity contribution in [3.05, 3.63) is 82.9 Å². The van der Waals surface area contributed by atoms with Crippen molar-refractivity contribution in [3.8, 4) is 0 Å². The van der Waals surface area contributed by atoms with Crippen LogP contribution in [-0.2, 0) is 6.54 Å². The second kappa shape index (κ2) is 23.5. The van der Waals surface area contributed by atoms with Gasteiger partial charge in [-0.3, -0.25) is 0 Å². The largest absolute Gasteiger partial charge is 0.375 e. The maximum absolute atomic E-state index is 4.22. The van der Waals surface area contributed by atoms with E-state index in [0.29, 0.717) is 0 Å². The van der Waals surface area contributed by atoms with Crippen LogP contribution in [0.4, 0.5) is 0 Å². The van der Waals surface area contributed by atoms with Crippen molar-refractivity contribution in [2.24, 2.45) is 0 Å². The lowest BCUT2D eigenvalue weighted by Gasteiger charge is -2.29. The summed E-state index contributed by atoms with van der Waals surface area (Å²) < 4.78 is 0. The average molecular weight is 485 g/mol. The monoisotopic (exact) mass is 484 g/mol. The molecular weight excluding hydrogens is 424 g/mol. The van der Waals surface area contributed by atoms with Gasteiger partial charge in [-0.05, 0) is 78.9 Å². The number of allylic oxidation sites excluding steroid dienone is 5. The van der Waals surface area contributed by atoms with Crippen molar-refractivity contribution < 1.29 is 0 Å². The van der Waals surface area contributed by atoms with Crippen LogP contribution in [0.2, 0.25) is 0 Å². The van der Waals surface area contributed by atoms with Gasteiger partial charge in [-0.1, -0.05) is 96.2 Å². The summed E-state index contributed by atoms with van der Waals surface area (Å²) in [5, 5.41) is 0. The van der Waals surface area contributed by atoms with Crippen molar-refractivity contribution in [1.82, 2.24) is 9.80 Å². The van der Waals surface area contributed by atoms with E-state index in [-0.39, 0.29) is 0 Å². The zero-order valence-corrected chi connectivity index (χ0v) is 25.9. The van der Waals surface area contributed by atoms with Gasteiger partial charge < -0.3 is 9.80 Å². The number of benzene rings is 1. The normalized spacial score (nSPS) is 12.0. The maximum Gasteiger partial charge on any atom is 0.0478 e. The Bertz CT molecular complexity index is 725. The summed E-state index contributed by atoms with van der Waals surface area (Å²) in [5.74, 6) is 0. The highest BCUT2D eigenvalue weighted by Crippen LogP contribution is 2.23. The number of rotatable bonds is 6. The molecule has 1 heterocycles. The zero-order chi connectivity index (χ0) is 28.0. The number of nitrogens with zero attached hydrogens (tertiary/aromatic N) is 2. The highest BCUT2D eigenvalue weighted by atomic mass is 15.1. The van der Waals surface area contributed by atoms with Gasteiger partial charge in [-0.2, -0.15) is 0 Å². The third-order valence-corrected chi connectivity index (χ3v) is 5.70. The van der Waals surface area contributed by atoms with E-state index in [9.17, 15) is 0 Å². The molecule has 0 spiro atoms. The van der Waals surface area contributed by atoms with Gasteiger partial charge in [0.05, 0.1) is 0 Å². The van der Waals surface area contributed by atoms with E-state index in [4.69, 9.17) is 0 Å². The first kappa shape index (κ1) is 37.3. The quantitative estimate of drug-likeness (QED) is 0.370. The van der Waals surface area contributed by atoms with E-state index in [2.05, 4.69) is 94.8 Å². The van der Waals surface area contributed by atoms with Crippen molar-refractivity contribution in [2.75, 3.05) is 13.1 Å². The number of hydrogen-bond donors (Lipinski definition) is 0. The van der Waals surface area contributed by atoms with Gasteiger partial charge in [0.25, 0.3) is 0 Å². The van der Waals surface area contributed by atoms with Crippen LogP contribution in [0.25, 0.3) is 0 Å². The maximum atomic E-state index is 4.22. The standard InChI is InChI=1S/C18H25N.C9H17N.3C2H6/c1-13(2)16(6)17(7)19(14(3)4)12-18-10-8-15(5)9-11-18;1-3-9(2)10-7-5-4-6-8-10;3*1-2/h8-11H,3,7,12H2,1-2,4-6H3;3H,4-8H2,1-2H3;3*1-2H3. The Kier molecular flexibility index (Phi) is 25.1. The van der Waals surface area contributed by atoms with Gasteiger partial charge in [0, 0.05) is 36.7 Å². The van der Waals surface area contributed by atoms with Gasteiger partial charge >= 0.3 is 0 Å². The topological polar surface area (TPSA) is 6.48 Å². The van der Waals surface area contributed by atoms with Crippen LogP contribution >= 0.6 is 0 Å². The molecule has 1 aromatic carbocycles. The molecule has 35 heavy (non-hydrogen) atoms. The smallest absolute Gasteiger partial charge is 0.0478 e. The minimum Gasteiger partial charge on any atom is -0.375 e. The number of aryl methyl sites for hydroxylation is 1. The zero-order valence-electron chi connectivity index (χ0n) is 25.9. The molecule has 2 nitrogen and oxygen atoms in total. The third kappa shape index (κ3) is 16.1. The van der Waals surface area contributed by atoms with Crippen LogP contribution in [0.3, 0.4) is 0 Å². The van der Waals surface area contributed by atoms with E-state index < -0.39 is 0 Å². The van der Waals surface area contributed by atoms with Crippen LogP contribution in [0.15, 0.2) is 71.7 Å². The first-order valence-corrected chi connectivity index (χ1v) is 13.9. The molecule has 0 amide bonds. The Balaban J connectivity index is -0.000000537. The SMILES string of the molecule is C=C(C)N(Cc1ccc(C)cc1)C(=C)C(C)=C(C)C.CC.CC.CC.CC=C(C)N1CCCCC1. The van der Waals surface area contributed by atoms with Gasteiger partial charge in [-0.15, -0.1) is 0 Å². The molecule has 0 atom stereocenters. The molecule has 0 aliphatic carbocycles. The summed E-state index contributed by atoms with van der Waals surface area (Å²) in [5.41, 5.74) is 8.58. The molecular formula is C33H60N2. The first-order chi connectivity index (χ1) is 16.7. The molecule has 0 saturated carbocycles. The molecule has 2 rings (SSSR count). The van der Waals surface area contributed by atoms with Gasteiger partial charge in [0.2, 0.25) is 0 Å². The molecule has 1 aliphatic heterocycles. The molecule has 0 N–H and O–H groups in total. The number of hydrogen-bond acceptors (Lipinski definition) is 2. The van der Waals surface area contributed by atoms with Crippen LogP contribution in [0, 0.1) is 6.92 Å². The summed E-state index contributed by atoms with van der Waals surface area (Å²) in [7, 11) is 0.